The van der Waals surface area contributed by atoms with Gasteiger partial charge in [-0.25, -0.2) is 4.79 Å². The van der Waals surface area contributed by atoms with Crippen molar-refractivity contribution in [2.45, 2.75) is 19.8 Å². The molecule has 0 radical (unpaired) electrons. The first-order valence-electron chi connectivity index (χ1n) is 8.31. The number of halogens is 1. The molecule has 0 aliphatic heterocycles. The van der Waals surface area contributed by atoms with E-state index in [0.717, 1.165) is 10.0 Å². The van der Waals surface area contributed by atoms with Crippen LogP contribution < -0.4 is 14.2 Å². The van der Waals surface area contributed by atoms with Crippen LogP contribution in [0.25, 0.3) is 6.08 Å². The van der Waals surface area contributed by atoms with Gasteiger partial charge >= 0.3 is 5.97 Å². The van der Waals surface area contributed by atoms with Gasteiger partial charge in [0.1, 0.15) is 5.75 Å². The van der Waals surface area contributed by atoms with Gasteiger partial charge in [0.15, 0.2) is 18.1 Å². The summed E-state index contributed by atoms with van der Waals surface area (Å²) in [6.07, 6.45) is 2.99. The lowest BCUT2D eigenvalue weighted by molar-refractivity contribution is -0.136. The number of nitrogens with zero attached hydrogens (tertiary/aromatic N) is 1. The molecular weight excluding hydrogens is 410 g/mol. The van der Waals surface area contributed by atoms with Gasteiger partial charge in [-0.3, -0.25) is 0 Å². The fourth-order valence-corrected chi connectivity index (χ4v) is 2.80. The van der Waals surface area contributed by atoms with E-state index in [2.05, 4.69) is 29.8 Å². The first-order chi connectivity index (χ1) is 12.9. The third kappa shape index (κ3) is 5.87. The topological polar surface area (TPSA) is 68.5 Å². The van der Waals surface area contributed by atoms with Crippen LogP contribution in [-0.4, -0.2) is 19.7 Å². The molecule has 6 heteroatoms. The Labute approximate surface area is 167 Å². The number of nitriles is 1. The average Bonchev–Trinajstić information content (AvgIpc) is 2.66. The predicted molar refractivity (Wildman–Crippen MR) is 107 cm³/mol. The summed E-state index contributed by atoms with van der Waals surface area (Å²) >= 11 is 3.46. The molecule has 2 rings (SSSR count). The van der Waals surface area contributed by atoms with Gasteiger partial charge in [0.05, 0.1) is 17.7 Å². The summed E-state index contributed by atoms with van der Waals surface area (Å²) < 4.78 is 16.9. The second-order valence-corrected chi connectivity index (χ2v) is 6.83. The molecule has 0 atom stereocenters. The summed E-state index contributed by atoms with van der Waals surface area (Å²) in [6, 6.07) is 12.7. The molecule has 0 heterocycles. The number of carbonyl (C=O) groups excluding carboxylic acids is 1. The zero-order chi connectivity index (χ0) is 19.8. The molecule has 0 fully saturated rings. The molecule has 2 aromatic rings. The Morgan fingerprint density at radius 1 is 1.19 bits per heavy atom. The van der Waals surface area contributed by atoms with Crippen LogP contribution in [-0.2, 0) is 4.79 Å². The zero-order valence-electron chi connectivity index (χ0n) is 15.4. The van der Waals surface area contributed by atoms with Crippen LogP contribution in [0.1, 0.15) is 30.9 Å². The Morgan fingerprint density at radius 3 is 2.56 bits per heavy atom. The average molecular weight is 430 g/mol. The number of rotatable bonds is 7. The van der Waals surface area contributed by atoms with E-state index < -0.39 is 5.97 Å². The molecule has 0 unspecified atom stereocenters. The monoisotopic (exact) mass is 429 g/mol. The third-order valence-electron chi connectivity index (χ3n) is 3.73. The van der Waals surface area contributed by atoms with E-state index in [-0.39, 0.29) is 12.4 Å². The summed E-state index contributed by atoms with van der Waals surface area (Å²) in [6.45, 7) is 3.97. The first kappa shape index (κ1) is 20.5. The highest BCUT2D eigenvalue weighted by molar-refractivity contribution is 9.10. The van der Waals surface area contributed by atoms with Crippen molar-refractivity contribution in [1.82, 2.24) is 0 Å². The molecule has 0 amide bonds. The highest BCUT2D eigenvalue weighted by atomic mass is 79.9. The van der Waals surface area contributed by atoms with Crippen LogP contribution in [0.5, 0.6) is 17.2 Å². The van der Waals surface area contributed by atoms with E-state index in [1.54, 1.807) is 24.3 Å². The normalized spacial score (nSPS) is 10.7. The van der Waals surface area contributed by atoms with E-state index in [4.69, 9.17) is 19.5 Å². The van der Waals surface area contributed by atoms with Crippen LogP contribution in [0, 0.1) is 11.3 Å². The lowest BCUT2D eigenvalue weighted by atomic mass is 10.0. The van der Waals surface area contributed by atoms with Crippen LogP contribution in [0.2, 0.25) is 0 Å². The molecule has 0 saturated heterocycles. The first-order valence-corrected chi connectivity index (χ1v) is 9.11. The third-order valence-corrected chi connectivity index (χ3v) is 4.35. The number of methoxy groups -OCH3 is 1. The summed E-state index contributed by atoms with van der Waals surface area (Å²) in [5.41, 5.74) is 1.94. The van der Waals surface area contributed by atoms with Crippen molar-refractivity contribution in [3.05, 3.63) is 58.1 Å². The van der Waals surface area contributed by atoms with Gasteiger partial charge in [-0.05, 0) is 63.3 Å². The summed E-state index contributed by atoms with van der Waals surface area (Å²) in [7, 11) is 1.48. The molecule has 0 spiro atoms. The van der Waals surface area contributed by atoms with Crippen LogP contribution in [0.3, 0.4) is 0 Å². The number of ether oxygens (including phenoxy) is 3. The molecule has 0 aliphatic carbocycles. The van der Waals surface area contributed by atoms with Gasteiger partial charge in [-0.2, -0.15) is 5.26 Å². The molecule has 0 N–H and O–H groups in total. The molecule has 0 aromatic heterocycles. The lowest BCUT2D eigenvalue weighted by Crippen LogP contribution is -2.18. The Balaban J connectivity index is 2.02. The van der Waals surface area contributed by atoms with E-state index in [1.807, 2.05) is 24.3 Å². The van der Waals surface area contributed by atoms with Gasteiger partial charge in [0.25, 0.3) is 0 Å². The van der Waals surface area contributed by atoms with Gasteiger partial charge in [0.2, 0.25) is 0 Å². The Bertz CT molecular complexity index is 884. The molecule has 2 aromatic carbocycles. The predicted octanol–water partition coefficient (Wildman–Crippen LogP) is 5.10. The van der Waals surface area contributed by atoms with E-state index in [1.165, 1.54) is 18.7 Å². The smallest absolute Gasteiger partial charge is 0.349 e. The van der Waals surface area contributed by atoms with Gasteiger partial charge in [0, 0.05) is 6.08 Å². The lowest BCUT2D eigenvalue weighted by Gasteiger charge is -2.12. The van der Waals surface area contributed by atoms with Gasteiger partial charge in [-0.1, -0.05) is 26.0 Å². The molecule has 0 aliphatic rings. The van der Waals surface area contributed by atoms with Gasteiger partial charge in [-0.15, -0.1) is 0 Å². The maximum absolute atomic E-state index is 12.1. The van der Waals surface area contributed by atoms with Gasteiger partial charge < -0.3 is 14.2 Å². The summed E-state index contributed by atoms with van der Waals surface area (Å²) in [5.74, 6) is 1.10. The van der Waals surface area contributed by atoms with Crippen molar-refractivity contribution in [3.63, 3.8) is 0 Å². The van der Waals surface area contributed by atoms with E-state index >= 15 is 0 Å². The van der Waals surface area contributed by atoms with Crippen molar-refractivity contribution in [1.29, 1.82) is 5.26 Å². The largest absolute Gasteiger partial charge is 0.493 e. The Morgan fingerprint density at radius 2 is 1.93 bits per heavy atom. The number of hydrogen-bond donors (Lipinski definition) is 0. The SMILES string of the molecule is COc1cc(/C=C\C#N)ccc1OC(=O)COc1ccc(C(C)C)cc1Br. The minimum atomic E-state index is -0.548. The molecule has 140 valence electrons. The summed E-state index contributed by atoms with van der Waals surface area (Å²) in [4.78, 5) is 12.1. The minimum absolute atomic E-state index is 0.237. The Kier molecular flexibility index (Phi) is 7.44. The fourth-order valence-electron chi connectivity index (χ4n) is 2.29. The molecule has 0 bridgehead atoms. The van der Waals surface area contributed by atoms with Crippen molar-refractivity contribution in [2.24, 2.45) is 0 Å². The molecular formula is C21H20BrNO4. The number of carbonyl (C=O) groups is 1. The van der Waals surface area contributed by atoms with Crippen molar-refractivity contribution in [3.8, 4) is 23.3 Å². The number of allylic oxidation sites excluding steroid dienone is 1. The molecule has 27 heavy (non-hydrogen) atoms. The van der Waals surface area contributed by atoms with Crippen LogP contribution in [0.4, 0.5) is 0 Å². The number of benzene rings is 2. The standard InChI is InChI=1S/C21H20BrNO4/c1-14(2)16-7-9-18(17(22)12-16)26-13-21(24)27-19-8-6-15(5-4-10-23)11-20(19)25-3/h4-9,11-12,14H,13H2,1-3H3/b5-4-. The Hall–Kier alpha value is -2.78. The highest BCUT2D eigenvalue weighted by Crippen LogP contribution is 2.30. The van der Waals surface area contributed by atoms with Crippen LogP contribution >= 0.6 is 15.9 Å². The van der Waals surface area contributed by atoms with Crippen molar-refractivity contribution in [2.75, 3.05) is 13.7 Å². The second kappa shape index (κ2) is 9.79. The molecule has 5 nitrogen and oxygen atoms in total. The highest BCUT2D eigenvalue weighted by Gasteiger charge is 2.13. The van der Waals surface area contributed by atoms with E-state index in [9.17, 15) is 4.79 Å². The maximum atomic E-state index is 12.1. The maximum Gasteiger partial charge on any atom is 0.349 e. The second-order valence-electron chi connectivity index (χ2n) is 5.98. The fraction of sp³-hybridized carbons (Fsp3) is 0.238. The van der Waals surface area contributed by atoms with E-state index in [0.29, 0.717) is 17.4 Å². The quantitative estimate of drug-likeness (QED) is 0.347. The zero-order valence-corrected chi connectivity index (χ0v) is 16.9. The number of hydrogen-bond acceptors (Lipinski definition) is 5. The van der Waals surface area contributed by atoms with Crippen LogP contribution in [0.15, 0.2) is 46.9 Å². The minimum Gasteiger partial charge on any atom is -0.493 e. The summed E-state index contributed by atoms with van der Waals surface area (Å²) in [5, 5.41) is 8.59. The van der Waals surface area contributed by atoms with Crippen molar-refractivity contribution < 1.29 is 19.0 Å². The number of esters is 1. The molecule has 0 saturated carbocycles. The van der Waals surface area contributed by atoms with Crippen molar-refractivity contribution >= 4 is 28.0 Å².